The van der Waals surface area contributed by atoms with Crippen LogP contribution >= 0.6 is 0 Å². The topological polar surface area (TPSA) is 116 Å². The third kappa shape index (κ3) is 5.67. The van der Waals surface area contributed by atoms with Crippen molar-refractivity contribution >= 4 is 27.4 Å². The zero-order valence-corrected chi connectivity index (χ0v) is 19.7. The van der Waals surface area contributed by atoms with Crippen LogP contribution in [0.1, 0.15) is 20.7 Å². The van der Waals surface area contributed by atoms with E-state index < -0.39 is 27.8 Å². The second kappa shape index (κ2) is 9.85. The zero-order valence-electron chi connectivity index (χ0n) is 18.9. The molecule has 1 heterocycles. The Balaban J connectivity index is 1.56. The number of carbonyl (C=O) groups excluding carboxylic acids is 2. The number of hydrogen-bond donors (Lipinski definition) is 3. The highest BCUT2D eigenvalue weighted by Gasteiger charge is 2.30. The van der Waals surface area contributed by atoms with Crippen LogP contribution in [-0.4, -0.2) is 57.1 Å². The van der Waals surface area contributed by atoms with E-state index in [0.29, 0.717) is 30.9 Å². The standard InChI is InChI=1S/C25H24FN3O5S/c1-35(33,34)28-25(32)16-5-8-19(9-6-16)29-12-11-27-15-23(29)24(31)18-7-10-21(22(26)14-18)17-3-2-4-20(30)13-17/h2-10,13-14,23,27,30H,11-12,15H2,1H3,(H,28,32). The minimum atomic E-state index is -3.69. The fraction of sp³-hybridized carbons (Fsp3) is 0.200. The number of piperazine rings is 1. The number of aromatic hydroxyl groups is 1. The number of hydrogen-bond acceptors (Lipinski definition) is 7. The monoisotopic (exact) mass is 497 g/mol. The van der Waals surface area contributed by atoms with Gasteiger partial charge in [0.1, 0.15) is 17.6 Å². The summed E-state index contributed by atoms with van der Waals surface area (Å²) in [5, 5.41) is 12.9. The van der Waals surface area contributed by atoms with Crippen LogP contribution in [0.25, 0.3) is 11.1 Å². The molecule has 1 aliphatic heterocycles. The van der Waals surface area contributed by atoms with Gasteiger partial charge in [0.25, 0.3) is 5.91 Å². The van der Waals surface area contributed by atoms with Gasteiger partial charge in [0.15, 0.2) is 5.78 Å². The van der Waals surface area contributed by atoms with Crippen LogP contribution < -0.4 is 14.9 Å². The number of sulfonamides is 1. The lowest BCUT2D eigenvalue weighted by Gasteiger charge is -2.37. The fourth-order valence-corrected chi connectivity index (χ4v) is 4.50. The first kappa shape index (κ1) is 24.4. The molecule has 0 aliphatic carbocycles. The predicted octanol–water partition coefficient (Wildman–Crippen LogP) is 2.55. The molecule has 1 unspecified atom stereocenters. The number of anilines is 1. The Morgan fingerprint density at radius 2 is 1.77 bits per heavy atom. The molecule has 4 rings (SSSR count). The molecule has 0 radical (unpaired) electrons. The third-order valence-corrected chi connectivity index (χ3v) is 6.25. The summed E-state index contributed by atoms with van der Waals surface area (Å²) in [6.45, 7) is 1.49. The molecule has 182 valence electrons. The van der Waals surface area contributed by atoms with Crippen LogP contribution in [-0.2, 0) is 10.0 Å². The maximum absolute atomic E-state index is 14.9. The maximum Gasteiger partial charge on any atom is 0.264 e. The molecule has 0 spiro atoms. The number of rotatable bonds is 6. The maximum atomic E-state index is 14.9. The second-order valence-corrected chi connectivity index (χ2v) is 10.0. The Morgan fingerprint density at radius 1 is 1.06 bits per heavy atom. The number of carbonyl (C=O) groups is 2. The molecule has 0 bridgehead atoms. The van der Waals surface area contributed by atoms with E-state index in [0.717, 1.165) is 6.26 Å². The molecule has 1 amide bonds. The van der Waals surface area contributed by atoms with E-state index in [4.69, 9.17) is 0 Å². The van der Waals surface area contributed by atoms with Crippen molar-refractivity contribution in [2.45, 2.75) is 6.04 Å². The quantitative estimate of drug-likeness (QED) is 0.448. The van der Waals surface area contributed by atoms with Crippen molar-refractivity contribution < 1.29 is 27.5 Å². The van der Waals surface area contributed by atoms with Crippen LogP contribution in [0.15, 0.2) is 66.7 Å². The van der Waals surface area contributed by atoms with Crippen molar-refractivity contribution in [1.82, 2.24) is 10.0 Å². The summed E-state index contributed by atoms with van der Waals surface area (Å²) in [5.74, 6) is -1.56. The zero-order chi connectivity index (χ0) is 25.2. The first-order valence-electron chi connectivity index (χ1n) is 10.8. The highest BCUT2D eigenvalue weighted by molar-refractivity contribution is 7.89. The average molecular weight is 498 g/mol. The molecular weight excluding hydrogens is 473 g/mol. The van der Waals surface area contributed by atoms with Crippen molar-refractivity contribution in [1.29, 1.82) is 0 Å². The Hall–Kier alpha value is -3.76. The molecule has 1 atom stereocenters. The van der Waals surface area contributed by atoms with Gasteiger partial charge in [-0.3, -0.25) is 9.59 Å². The minimum absolute atomic E-state index is 0.0193. The molecule has 0 saturated carbocycles. The summed E-state index contributed by atoms with van der Waals surface area (Å²) < 4.78 is 39.4. The number of Topliss-reactive ketones (excluding diaryl/α,β-unsaturated/α-hetero) is 1. The Bertz CT molecular complexity index is 1380. The molecule has 3 aromatic carbocycles. The lowest BCUT2D eigenvalue weighted by Crippen LogP contribution is -2.55. The second-order valence-electron chi connectivity index (χ2n) is 8.27. The van der Waals surface area contributed by atoms with E-state index in [9.17, 15) is 27.5 Å². The molecule has 1 aliphatic rings. The molecule has 0 aromatic heterocycles. The van der Waals surface area contributed by atoms with Crippen molar-refractivity contribution in [2.75, 3.05) is 30.8 Å². The summed E-state index contributed by atoms with van der Waals surface area (Å²) in [6.07, 6.45) is 0.898. The van der Waals surface area contributed by atoms with Crippen LogP contribution in [0.3, 0.4) is 0 Å². The van der Waals surface area contributed by atoms with Gasteiger partial charge < -0.3 is 15.3 Å². The number of nitrogens with zero attached hydrogens (tertiary/aromatic N) is 1. The highest BCUT2D eigenvalue weighted by Crippen LogP contribution is 2.28. The average Bonchev–Trinajstić information content (AvgIpc) is 2.82. The Kier molecular flexibility index (Phi) is 6.86. The molecular formula is C25H24FN3O5S. The largest absolute Gasteiger partial charge is 0.508 e. The van der Waals surface area contributed by atoms with Gasteiger partial charge in [-0.15, -0.1) is 0 Å². The van der Waals surface area contributed by atoms with Crippen LogP contribution in [0.2, 0.25) is 0 Å². The summed E-state index contributed by atoms with van der Waals surface area (Å²) in [4.78, 5) is 27.3. The normalized spacial score (nSPS) is 16.1. The van der Waals surface area contributed by atoms with Gasteiger partial charge >= 0.3 is 0 Å². The minimum Gasteiger partial charge on any atom is -0.508 e. The van der Waals surface area contributed by atoms with Crippen molar-refractivity contribution in [2.24, 2.45) is 0 Å². The summed E-state index contributed by atoms with van der Waals surface area (Å²) in [7, 11) is -3.69. The van der Waals surface area contributed by atoms with Crippen molar-refractivity contribution in [3.05, 3.63) is 83.7 Å². The smallest absolute Gasteiger partial charge is 0.264 e. The van der Waals surface area contributed by atoms with E-state index >= 15 is 0 Å². The summed E-state index contributed by atoms with van der Waals surface area (Å²) >= 11 is 0. The first-order valence-corrected chi connectivity index (χ1v) is 12.7. The number of nitrogens with one attached hydrogen (secondary N) is 2. The SMILES string of the molecule is CS(=O)(=O)NC(=O)c1ccc(N2CCNCC2C(=O)c2ccc(-c3cccc(O)c3)c(F)c2)cc1. The van der Waals surface area contributed by atoms with Gasteiger partial charge in [0.2, 0.25) is 10.0 Å². The van der Waals surface area contributed by atoms with Gasteiger partial charge in [0, 0.05) is 42.0 Å². The summed E-state index contributed by atoms with van der Waals surface area (Å²) in [5.41, 5.74) is 1.84. The number of phenols is 1. The van der Waals surface area contributed by atoms with Gasteiger partial charge in [0.05, 0.1) is 6.26 Å². The fourth-order valence-electron chi connectivity index (χ4n) is 4.05. The van der Waals surface area contributed by atoms with Crippen LogP contribution in [0.5, 0.6) is 5.75 Å². The molecule has 3 N–H and O–H groups in total. The van der Waals surface area contributed by atoms with Crippen molar-refractivity contribution in [3.63, 3.8) is 0 Å². The predicted molar refractivity (Wildman–Crippen MR) is 131 cm³/mol. The number of ketones is 1. The molecule has 8 nitrogen and oxygen atoms in total. The van der Waals surface area contributed by atoms with E-state index in [1.165, 1.54) is 36.4 Å². The van der Waals surface area contributed by atoms with E-state index in [1.807, 2.05) is 9.62 Å². The first-order chi connectivity index (χ1) is 16.6. The number of halogens is 1. The van der Waals surface area contributed by atoms with Crippen molar-refractivity contribution in [3.8, 4) is 16.9 Å². The lowest BCUT2D eigenvalue weighted by molar-refractivity contribution is 0.0948. The van der Waals surface area contributed by atoms with E-state index in [1.54, 1.807) is 30.3 Å². The molecule has 1 saturated heterocycles. The van der Waals surface area contributed by atoms with Gasteiger partial charge in [-0.25, -0.2) is 17.5 Å². The lowest BCUT2D eigenvalue weighted by atomic mass is 9.97. The summed E-state index contributed by atoms with van der Waals surface area (Å²) in [6, 6.07) is 16.2. The number of amides is 1. The Labute approximate surface area is 202 Å². The van der Waals surface area contributed by atoms with E-state index in [2.05, 4.69) is 5.32 Å². The number of benzene rings is 3. The Morgan fingerprint density at radius 3 is 2.43 bits per heavy atom. The van der Waals surface area contributed by atoms with Crippen LogP contribution in [0, 0.1) is 5.82 Å². The van der Waals surface area contributed by atoms with Crippen LogP contribution in [0.4, 0.5) is 10.1 Å². The third-order valence-electron chi connectivity index (χ3n) is 5.70. The van der Waals surface area contributed by atoms with Gasteiger partial charge in [-0.05, 0) is 48.0 Å². The van der Waals surface area contributed by atoms with Gasteiger partial charge in [-0.2, -0.15) is 0 Å². The molecule has 10 heteroatoms. The highest BCUT2D eigenvalue weighted by atomic mass is 32.2. The van der Waals surface area contributed by atoms with E-state index in [-0.39, 0.29) is 28.2 Å². The number of phenolic OH excluding ortho intramolecular Hbond substituents is 1. The molecule has 35 heavy (non-hydrogen) atoms. The molecule has 3 aromatic rings. The van der Waals surface area contributed by atoms with Gasteiger partial charge in [-0.1, -0.05) is 24.3 Å². The molecule has 1 fully saturated rings.